The van der Waals surface area contributed by atoms with Crippen LogP contribution in [0.25, 0.3) is 0 Å². The standard InChI is InChI=1S/C17H30N2O/c1-13(2)9-18-10-15-8-16(20-14(15)3)11-19-7-6-17(4,5)12-19/h8,13,18H,6-7,9-12H2,1-5H3. The van der Waals surface area contributed by atoms with Crippen molar-refractivity contribution in [2.45, 2.75) is 54.1 Å². The van der Waals surface area contributed by atoms with Crippen molar-refractivity contribution in [3.05, 3.63) is 23.2 Å². The Kier molecular flexibility index (Phi) is 4.92. The van der Waals surface area contributed by atoms with Gasteiger partial charge in [-0.1, -0.05) is 27.7 Å². The Morgan fingerprint density at radius 3 is 2.75 bits per heavy atom. The molecule has 3 heteroatoms. The van der Waals surface area contributed by atoms with Crippen LogP contribution in [-0.4, -0.2) is 24.5 Å². The van der Waals surface area contributed by atoms with E-state index in [1.54, 1.807) is 0 Å². The van der Waals surface area contributed by atoms with Gasteiger partial charge in [-0.25, -0.2) is 0 Å². The van der Waals surface area contributed by atoms with E-state index >= 15 is 0 Å². The maximum Gasteiger partial charge on any atom is 0.118 e. The van der Waals surface area contributed by atoms with Gasteiger partial charge in [0.25, 0.3) is 0 Å². The van der Waals surface area contributed by atoms with Crippen molar-refractivity contribution in [1.29, 1.82) is 0 Å². The number of furan rings is 1. The van der Waals surface area contributed by atoms with Crippen LogP contribution in [0.2, 0.25) is 0 Å². The van der Waals surface area contributed by atoms with Crippen LogP contribution in [0.5, 0.6) is 0 Å². The van der Waals surface area contributed by atoms with Gasteiger partial charge in [0.2, 0.25) is 0 Å². The normalized spacial score (nSPS) is 19.1. The third kappa shape index (κ3) is 4.35. The lowest BCUT2D eigenvalue weighted by molar-refractivity contribution is 0.261. The van der Waals surface area contributed by atoms with Crippen LogP contribution in [0.4, 0.5) is 0 Å². The fourth-order valence-corrected chi connectivity index (χ4v) is 2.92. The Balaban J connectivity index is 1.87. The molecule has 0 radical (unpaired) electrons. The zero-order chi connectivity index (χ0) is 14.8. The summed E-state index contributed by atoms with van der Waals surface area (Å²) < 4.78 is 5.92. The number of hydrogen-bond donors (Lipinski definition) is 1. The fraction of sp³-hybridized carbons (Fsp3) is 0.765. The average molecular weight is 278 g/mol. The Morgan fingerprint density at radius 2 is 2.15 bits per heavy atom. The first kappa shape index (κ1) is 15.6. The predicted octanol–water partition coefficient (Wildman–Crippen LogP) is 3.57. The van der Waals surface area contributed by atoms with Gasteiger partial charge >= 0.3 is 0 Å². The minimum atomic E-state index is 0.462. The van der Waals surface area contributed by atoms with Crippen LogP contribution in [-0.2, 0) is 13.1 Å². The predicted molar refractivity (Wildman–Crippen MR) is 83.7 cm³/mol. The van der Waals surface area contributed by atoms with Crippen LogP contribution in [0.3, 0.4) is 0 Å². The molecule has 1 aliphatic heterocycles. The second kappa shape index (κ2) is 6.31. The quantitative estimate of drug-likeness (QED) is 0.862. The van der Waals surface area contributed by atoms with E-state index < -0.39 is 0 Å². The molecule has 0 unspecified atom stereocenters. The topological polar surface area (TPSA) is 28.4 Å². The fourth-order valence-electron chi connectivity index (χ4n) is 2.92. The van der Waals surface area contributed by atoms with Gasteiger partial charge in [-0.15, -0.1) is 0 Å². The highest BCUT2D eigenvalue weighted by Gasteiger charge is 2.29. The van der Waals surface area contributed by atoms with Gasteiger partial charge in [0, 0.05) is 18.7 Å². The molecule has 1 aromatic heterocycles. The van der Waals surface area contributed by atoms with Gasteiger partial charge in [0.1, 0.15) is 11.5 Å². The van der Waals surface area contributed by atoms with Crippen LogP contribution in [0, 0.1) is 18.3 Å². The summed E-state index contributed by atoms with van der Waals surface area (Å²) in [5.74, 6) is 2.87. The highest BCUT2D eigenvalue weighted by molar-refractivity contribution is 5.20. The molecule has 0 aromatic carbocycles. The van der Waals surface area contributed by atoms with E-state index in [1.807, 2.05) is 0 Å². The van der Waals surface area contributed by atoms with Crippen molar-refractivity contribution in [3.63, 3.8) is 0 Å². The van der Waals surface area contributed by atoms with Crippen molar-refractivity contribution in [2.24, 2.45) is 11.3 Å². The van der Waals surface area contributed by atoms with E-state index in [0.29, 0.717) is 11.3 Å². The molecule has 0 aliphatic carbocycles. The maximum absolute atomic E-state index is 5.92. The van der Waals surface area contributed by atoms with Gasteiger partial charge < -0.3 is 9.73 Å². The average Bonchev–Trinajstić information content (AvgIpc) is 2.82. The number of hydrogen-bond acceptors (Lipinski definition) is 3. The smallest absolute Gasteiger partial charge is 0.118 e. The van der Waals surface area contributed by atoms with E-state index in [2.05, 4.69) is 50.9 Å². The zero-order valence-corrected chi connectivity index (χ0v) is 13.8. The van der Waals surface area contributed by atoms with E-state index in [1.165, 1.54) is 25.1 Å². The van der Waals surface area contributed by atoms with E-state index in [0.717, 1.165) is 31.2 Å². The third-order valence-electron chi connectivity index (χ3n) is 4.08. The molecule has 114 valence electrons. The number of likely N-dealkylation sites (tertiary alicyclic amines) is 1. The molecule has 2 rings (SSSR count). The SMILES string of the molecule is Cc1oc(CN2CCC(C)(C)C2)cc1CNCC(C)C. The second-order valence-electron chi connectivity index (χ2n) is 7.44. The van der Waals surface area contributed by atoms with Crippen molar-refractivity contribution in [3.8, 4) is 0 Å². The molecule has 0 atom stereocenters. The molecular formula is C17H30N2O. The number of aryl methyl sites for hydroxylation is 1. The summed E-state index contributed by atoms with van der Waals surface area (Å²) in [5, 5.41) is 3.49. The Hall–Kier alpha value is -0.800. The van der Waals surface area contributed by atoms with Gasteiger partial charge in [-0.3, -0.25) is 4.90 Å². The second-order valence-corrected chi connectivity index (χ2v) is 7.44. The monoisotopic (exact) mass is 278 g/mol. The minimum Gasteiger partial charge on any atom is -0.465 e. The molecule has 1 saturated heterocycles. The maximum atomic E-state index is 5.92. The molecule has 1 aliphatic rings. The number of nitrogens with zero attached hydrogens (tertiary/aromatic N) is 1. The van der Waals surface area contributed by atoms with Gasteiger partial charge in [-0.05, 0) is 43.8 Å². The molecule has 1 fully saturated rings. The molecule has 2 heterocycles. The molecule has 3 nitrogen and oxygen atoms in total. The summed E-state index contributed by atoms with van der Waals surface area (Å²) in [6, 6.07) is 2.23. The summed E-state index contributed by atoms with van der Waals surface area (Å²) in [6.45, 7) is 16.5. The van der Waals surface area contributed by atoms with Gasteiger partial charge in [0.05, 0.1) is 6.54 Å². The van der Waals surface area contributed by atoms with E-state index in [9.17, 15) is 0 Å². The first-order chi connectivity index (χ1) is 9.35. The van der Waals surface area contributed by atoms with Crippen molar-refractivity contribution >= 4 is 0 Å². The minimum absolute atomic E-state index is 0.462. The summed E-state index contributed by atoms with van der Waals surface area (Å²) in [6.07, 6.45) is 1.29. The van der Waals surface area contributed by atoms with Crippen molar-refractivity contribution in [1.82, 2.24) is 10.2 Å². The highest BCUT2D eigenvalue weighted by Crippen LogP contribution is 2.30. The van der Waals surface area contributed by atoms with Gasteiger partial charge in [-0.2, -0.15) is 0 Å². The number of rotatable bonds is 6. The Morgan fingerprint density at radius 1 is 1.40 bits per heavy atom. The largest absolute Gasteiger partial charge is 0.465 e. The van der Waals surface area contributed by atoms with Crippen LogP contribution >= 0.6 is 0 Å². The van der Waals surface area contributed by atoms with Crippen molar-refractivity contribution in [2.75, 3.05) is 19.6 Å². The number of nitrogens with one attached hydrogen (secondary N) is 1. The molecule has 1 N–H and O–H groups in total. The summed E-state index contributed by atoms with van der Waals surface area (Å²) in [5.41, 5.74) is 1.77. The summed E-state index contributed by atoms with van der Waals surface area (Å²) >= 11 is 0. The molecule has 20 heavy (non-hydrogen) atoms. The zero-order valence-electron chi connectivity index (χ0n) is 13.8. The molecule has 0 amide bonds. The lowest BCUT2D eigenvalue weighted by Crippen LogP contribution is -2.22. The van der Waals surface area contributed by atoms with Crippen LogP contribution in [0.15, 0.2) is 10.5 Å². The van der Waals surface area contributed by atoms with Crippen LogP contribution in [0.1, 0.15) is 51.2 Å². The Bertz CT molecular complexity index is 434. The van der Waals surface area contributed by atoms with E-state index in [4.69, 9.17) is 4.42 Å². The Labute approximate surface area is 123 Å². The first-order valence-electron chi connectivity index (χ1n) is 7.87. The lowest BCUT2D eigenvalue weighted by atomic mass is 9.93. The summed E-state index contributed by atoms with van der Waals surface area (Å²) in [7, 11) is 0. The molecular weight excluding hydrogens is 248 g/mol. The van der Waals surface area contributed by atoms with Gasteiger partial charge in [0.15, 0.2) is 0 Å². The summed E-state index contributed by atoms with van der Waals surface area (Å²) in [4.78, 5) is 2.50. The molecule has 0 saturated carbocycles. The van der Waals surface area contributed by atoms with Crippen molar-refractivity contribution < 1.29 is 4.42 Å². The van der Waals surface area contributed by atoms with Crippen LogP contribution < -0.4 is 5.32 Å². The molecule has 1 aromatic rings. The molecule has 0 spiro atoms. The molecule has 0 bridgehead atoms. The van der Waals surface area contributed by atoms with E-state index in [-0.39, 0.29) is 0 Å². The third-order valence-corrected chi connectivity index (χ3v) is 4.08. The first-order valence-corrected chi connectivity index (χ1v) is 7.87. The lowest BCUT2D eigenvalue weighted by Gasteiger charge is -2.18. The highest BCUT2D eigenvalue weighted by atomic mass is 16.3.